The van der Waals surface area contributed by atoms with Crippen molar-refractivity contribution in [1.82, 2.24) is 0 Å². The van der Waals surface area contributed by atoms with Crippen molar-refractivity contribution in [2.24, 2.45) is 5.14 Å². The average molecular weight is 314 g/mol. The summed E-state index contributed by atoms with van der Waals surface area (Å²) in [6.07, 6.45) is 0. The van der Waals surface area contributed by atoms with Crippen LogP contribution < -0.4 is 10.5 Å². The van der Waals surface area contributed by atoms with Gasteiger partial charge in [-0.15, -0.1) is 0 Å². The van der Waals surface area contributed by atoms with Crippen molar-refractivity contribution in [3.63, 3.8) is 0 Å². The zero-order valence-corrected chi connectivity index (χ0v) is 10.9. The highest BCUT2D eigenvalue weighted by Gasteiger charge is 2.04. The van der Waals surface area contributed by atoms with E-state index in [1.54, 1.807) is 12.1 Å². The molecule has 0 atom stereocenters. The van der Waals surface area contributed by atoms with Crippen LogP contribution in [0, 0.1) is 0 Å². The Morgan fingerprint density at radius 2 is 2.13 bits per heavy atom. The lowest BCUT2D eigenvalue weighted by Crippen LogP contribution is -2.22. The van der Waals surface area contributed by atoms with Crippen LogP contribution in [0.4, 0.5) is 5.69 Å². The van der Waals surface area contributed by atoms with Gasteiger partial charge in [-0.2, -0.15) is 0 Å². The van der Waals surface area contributed by atoms with Gasteiger partial charge in [-0.1, -0.05) is 27.5 Å². The molecule has 1 aromatic rings. The molecule has 0 spiro atoms. The maximum Gasteiger partial charge on any atom is 0.210 e. The van der Waals surface area contributed by atoms with E-state index < -0.39 is 10.0 Å². The molecule has 84 valence electrons. The Balaban J connectivity index is 2.59. The lowest BCUT2D eigenvalue weighted by molar-refractivity contribution is 0.598. The van der Waals surface area contributed by atoms with Gasteiger partial charge < -0.3 is 5.32 Å². The third-order valence-corrected chi connectivity index (χ3v) is 3.21. The minimum Gasteiger partial charge on any atom is -0.383 e. The Labute approximate surface area is 102 Å². The van der Waals surface area contributed by atoms with E-state index in [1.165, 1.54) is 0 Å². The number of nitrogens with one attached hydrogen (secondary N) is 1. The van der Waals surface area contributed by atoms with Gasteiger partial charge in [-0.25, -0.2) is 13.6 Å². The maximum absolute atomic E-state index is 10.7. The summed E-state index contributed by atoms with van der Waals surface area (Å²) in [5.41, 5.74) is 0.684. The Kier molecular flexibility index (Phi) is 4.39. The maximum atomic E-state index is 10.7. The van der Waals surface area contributed by atoms with E-state index in [1.807, 2.05) is 6.07 Å². The quantitative estimate of drug-likeness (QED) is 0.890. The lowest BCUT2D eigenvalue weighted by atomic mass is 10.3. The number of halogens is 2. The average Bonchev–Trinajstić information content (AvgIpc) is 2.07. The summed E-state index contributed by atoms with van der Waals surface area (Å²) >= 11 is 9.17. The molecular weight excluding hydrogens is 304 g/mol. The zero-order valence-electron chi connectivity index (χ0n) is 7.70. The Morgan fingerprint density at radius 1 is 1.47 bits per heavy atom. The fourth-order valence-electron chi connectivity index (χ4n) is 0.961. The van der Waals surface area contributed by atoms with Crippen LogP contribution in [0.25, 0.3) is 0 Å². The number of hydrogen-bond donors (Lipinski definition) is 2. The number of rotatable bonds is 4. The lowest BCUT2D eigenvalue weighted by Gasteiger charge is -2.07. The SMILES string of the molecule is NS(=O)(=O)CCNc1ccc(Br)cc1Cl. The van der Waals surface area contributed by atoms with Crippen molar-refractivity contribution >= 4 is 43.2 Å². The molecule has 0 amide bonds. The molecule has 0 radical (unpaired) electrons. The van der Waals surface area contributed by atoms with Gasteiger partial charge in [-0.05, 0) is 18.2 Å². The van der Waals surface area contributed by atoms with Crippen LogP contribution in [-0.4, -0.2) is 20.7 Å². The van der Waals surface area contributed by atoms with Gasteiger partial charge in [0.05, 0.1) is 16.5 Å². The van der Waals surface area contributed by atoms with Crippen LogP contribution in [-0.2, 0) is 10.0 Å². The summed E-state index contributed by atoms with van der Waals surface area (Å²) in [6, 6.07) is 5.29. The summed E-state index contributed by atoms with van der Waals surface area (Å²) in [4.78, 5) is 0. The molecule has 0 heterocycles. The van der Waals surface area contributed by atoms with Crippen LogP contribution >= 0.6 is 27.5 Å². The summed E-state index contributed by atoms with van der Waals surface area (Å²) in [6.45, 7) is 0.236. The number of primary sulfonamides is 1. The number of benzene rings is 1. The van der Waals surface area contributed by atoms with Crippen molar-refractivity contribution in [3.8, 4) is 0 Å². The molecule has 0 aliphatic rings. The molecule has 1 aromatic carbocycles. The molecule has 4 nitrogen and oxygen atoms in total. The van der Waals surface area contributed by atoms with Crippen LogP contribution in [0.15, 0.2) is 22.7 Å². The minimum atomic E-state index is -3.43. The van der Waals surface area contributed by atoms with Crippen LogP contribution in [0.1, 0.15) is 0 Å². The summed E-state index contributed by atoms with van der Waals surface area (Å²) in [5, 5.41) is 8.26. The number of hydrogen-bond acceptors (Lipinski definition) is 3. The molecule has 0 bridgehead atoms. The zero-order chi connectivity index (χ0) is 11.5. The standard InChI is InChI=1S/C8H10BrClN2O2S/c9-6-1-2-8(7(10)5-6)12-3-4-15(11,13)14/h1-2,5,12H,3-4H2,(H2,11,13,14). The number of sulfonamides is 1. The van der Waals surface area contributed by atoms with E-state index in [0.717, 1.165) is 4.47 Å². The first kappa shape index (κ1) is 12.8. The molecule has 0 saturated carbocycles. The largest absolute Gasteiger partial charge is 0.383 e. The van der Waals surface area contributed by atoms with Crippen molar-refractivity contribution in [2.75, 3.05) is 17.6 Å². The van der Waals surface area contributed by atoms with Gasteiger partial charge in [0, 0.05) is 11.0 Å². The molecule has 0 fully saturated rings. The number of nitrogens with two attached hydrogens (primary N) is 1. The van der Waals surface area contributed by atoms with Crippen molar-refractivity contribution < 1.29 is 8.42 Å². The first-order valence-corrected chi connectivity index (χ1v) is 6.96. The van der Waals surface area contributed by atoms with Crippen LogP contribution in [0.2, 0.25) is 5.02 Å². The summed E-state index contributed by atoms with van der Waals surface area (Å²) < 4.78 is 22.2. The second-order valence-electron chi connectivity index (χ2n) is 2.92. The predicted octanol–water partition coefficient (Wildman–Crippen LogP) is 1.80. The molecule has 3 N–H and O–H groups in total. The molecule has 7 heteroatoms. The third kappa shape index (κ3) is 4.83. The van der Waals surface area contributed by atoms with E-state index in [9.17, 15) is 8.42 Å². The highest BCUT2D eigenvalue weighted by molar-refractivity contribution is 9.10. The molecule has 0 unspecified atom stereocenters. The number of anilines is 1. The molecule has 1 rings (SSSR count). The van der Waals surface area contributed by atoms with Gasteiger partial charge in [0.25, 0.3) is 0 Å². The fraction of sp³-hybridized carbons (Fsp3) is 0.250. The van der Waals surface area contributed by atoms with Gasteiger partial charge in [0.1, 0.15) is 0 Å². The molecule has 0 aromatic heterocycles. The van der Waals surface area contributed by atoms with Gasteiger partial charge in [0.15, 0.2) is 0 Å². The normalized spacial score (nSPS) is 11.4. The van der Waals surface area contributed by atoms with Gasteiger partial charge in [-0.3, -0.25) is 0 Å². The molecule has 0 saturated heterocycles. The first-order valence-electron chi connectivity index (χ1n) is 4.08. The minimum absolute atomic E-state index is 0.126. The van der Waals surface area contributed by atoms with Gasteiger partial charge in [0.2, 0.25) is 10.0 Å². The summed E-state index contributed by atoms with van der Waals surface area (Å²) in [7, 11) is -3.43. The Hall–Kier alpha value is -0.300. The van der Waals surface area contributed by atoms with E-state index in [0.29, 0.717) is 10.7 Å². The summed E-state index contributed by atoms with van der Waals surface area (Å²) in [5.74, 6) is -0.126. The van der Waals surface area contributed by atoms with E-state index in [4.69, 9.17) is 16.7 Å². The van der Waals surface area contributed by atoms with Crippen LogP contribution in [0.5, 0.6) is 0 Å². The van der Waals surface area contributed by atoms with Gasteiger partial charge >= 0.3 is 0 Å². The highest BCUT2D eigenvalue weighted by Crippen LogP contribution is 2.25. The van der Waals surface area contributed by atoms with E-state index in [2.05, 4.69) is 21.2 Å². The van der Waals surface area contributed by atoms with E-state index in [-0.39, 0.29) is 12.3 Å². The van der Waals surface area contributed by atoms with E-state index >= 15 is 0 Å². The third-order valence-electron chi connectivity index (χ3n) is 1.63. The van der Waals surface area contributed by atoms with Crippen LogP contribution in [0.3, 0.4) is 0 Å². The van der Waals surface area contributed by atoms with Crippen molar-refractivity contribution in [3.05, 3.63) is 27.7 Å². The molecule has 0 aliphatic carbocycles. The van der Waals surface area contributed by atoms with Crippen molar-refractivity contribution in [1.29, 1.82) is 0 Å². The molecule has 15 heavy (non-hydrogen) atoms. The second kappa shape index (κ2) is 5.16. The predicted molar refractivity (Wildman–Crippen MR) is 65.6 cm³/mol. The Bertz CT molecular complexity index is 450. The molecular formula is C8H10BrClN2O2S. The Morgan fingerprint density at radius 3 is 2.67 bits per heavy atom. The smallest absolute Gasteiger partial charge is 0.210 e. The molecule has 0 aliphatic heterocycles. The van der Waals surface area contributed by atoms with Crippen molar-refractivity contribution in [2.45, 2.75) is 0 Å². The fourth-order valence-corrected chi connectivity index (χ4v) is 2.09. The monoisotopic (exact) mass is 312 g/mol. The second-order valence-corrected chi connectivity index (χ2v) is 5.97. The highest BCUT2D eigenvalue weighted by atomic mass is 79.9. The first-order chi connectivity index (χ1) is 6.88. The topological polar surface area (TPSA) is 72.2 Å².